The van der Waals surface area contributed by atoms with E-state index < -0.39 is 0 Å². The lowest BCUT2D eigenvalue weighted by atomic mass is 9.88. The Hall–Kier alpha value is -0.850. The normalized spacial score (nSPS) is 18.5. The van der Waals surface area contributed by atoms with Crippen LogP contribution < -0.4 is 0 Å². The van der Waals surface area contributed by atoms with Gasteiger partial charge in [0.15, 0.2) is 0 Å². The van der Waals surface area contributed by atoms with E-state index in [1.807, 2.05) is 12.4 Å². The van der Waals surface area contributed by atoms with Crippen LogP contribution in [0.1, 0.15) is 38.7 Å². The molecule has 1 aliphatic rings. The first-order valence-corrected chi connectivity index (χ1v) is 5.59. The fraction of sp³-hybridized carbons (Fsp3) is 0.615. The number of nitrogens with zero attached hydrogens (tertiary/aromatic N) is 1. The fourth-order valence-electron chi connectivity index (χ4n) is 2.43. The van der Waals surface area contributed by atoms with Gasteiger partial charge in [-0.15, -0.1) is 0 Å². The second-order valence-corrected chi connectivity index (χ2v) is 5.13. The van der Waals surface area contributed by atoms with Crippen LogP contribution in [0.15, 0.2) is 24.5 Å². The van der Waals surface area contributed by atoms with Crippen molar-refractivity contribution in [2.75, 3.05) is 0 Å². The molecule has 1 heteroatoms. The second kappa shape index (κ2) is 3.72. The quantitative estimate of drug-likeness (QED) is 0.707. The van der Waals surface area contributed by atoms with Crippen LogP contribution in [-0.4, -0.2) is 4.98 Å². The maximum absolute atomic E-state index is 4.06. The summed E-state index contributed by atoms with van der Waals surface area (Å²) in [5.41, 5.74) is 2.10. The number of aromatic nitrogens is 1. The Labute approximate surface area is 86.6 Å². The molecule has 14 heavy (non-hydrogen) atoms. The van der Waals surface area contributed by atoms with Gasteiger partial charge in [-0.25, -0.2) is 0 Å². The lowest BCUT2D eigenvalue weighted by Crippen LogP contribution is -2.08. The Morgan fingerprint density at radius 2 is 1.93 bits per heavy atom. The van der Waals surface area contributed by atoms with E-state index in [1.165, 1.54) is 31.2 Å². The maximum atomic E-state index is 4.06. The number of pyridine rings is 1. The molecule has 1 aromatic heterocycles. The van der Waals surface area contributed by atoms with Crippen molar-refractivity contribution in [2.24, 2.45) is 11.3 Å². The molecule has 0 saturated heterocycles. The van der Waals surface area contributed by atoms with Gasteiger partial charge in [0.05, 0.1) is 0 Å². The molecule has 0 aromatic carbocycles. The summed E-state index contributed by atoms with van der Waals surface area (Å²) in [6, 6.07) is 4.31. The zero-order valence-corrected chi connectivity index (χ0v) is 9.16. The van der Waals surface area contributed by atoms with E-state index in [9.17, 15) is 0 Å². The molecule has 0 atom stereocenters. The van der Waals surface area contributed by atoms with Crippen molar-refractivity contribution in [3.05, 3.63) is 30.1 Å². The van der Waals surface area contributed by atoms with Crippen LogP contribution in [0.4, 0.5) is 0 Å². The van der Waals surface area contributed by atoms with E-state index >= 15 is 0 Å². The van der Waals surface area contributed by atoms with Crippen molar-refractivity contribution in [3.63, 3.8) is 0 Å². The van der Waals surface area contributed by atoms with Crippen molar-refractivity contribution in [1.29, 1.82) is 0 Å². The summed E-state index contributed by atoms with van der Waals surface area (Å²) in [7, 11) is 0. The predicted molar refractivity (Wildman–Crippen MR) is 59.1 cm³/mol. The molecule has 0 amide bonds. The lowest BCUT2D eigenvalue weighted by Gasteiger charge is -2.17. The molecule has 76 valence electrons. The summed E-state index contributed by atoms with van der Waals surface area (Å²) in [6.45, 7) is 4.65. The topological polar surface area (TPSA) is 12.9 Å². The second-order valence-electron chi connectivity index (χ2n) is 5.13. The first kappa shape index (κ1) is 9.70. The van der Waals surface area contributed by atoms with Crippen LogP contribution in [0.2, 0.25) is 0 Å². The van der Waals surface area contributed by atoms with Gasteiger partial charge in [0.2, 0.25) is 0 Å². The van der Waals surface area contributed by atoms with Gasteiger partial charge in [0.1, 0.15) is 0 Å². The van der Waals surface area contributed by atoms with Crippen molar-refractivity contribution < 1.29 is 0 Å². The Bertz CT molecular complexity index is 285. The summed E-state index contributed by atoms with van der Waals surface area (Å²) in [6.07, 6.45) is 9.30. The summed E-state index contributed by atoms with van der Waals surface area (Å²) in [5, 5.41) is 0. The van der Waals surface area contributed by atoms with Crippen molar-refractivity contribution >= 4 is 0 Å². The molecule has 0 spiro atoms. The minimum atomic E-state index is 0.648. The minimum Gasteiger partial charge on any atom is -0.265 e. The highest BCUT2D eigenvalue weighted by Gasteiger charge is 2.42. The van der Waals surface area contributed by atoms with Crippen molar-refractivity contribution in [2.45, 2.75) is 39.5 Å². The summed E-state index contributed by atoms with van der Waals surface area (Å²) in [4.78, 5) is 4.06. The largest absolute Gasteiger partial charge is 0.265 e. The molecule has 1 aromatic rings. The Balaban J connectivity index is 1.98. The number of hydrogen-bond acceptors (Lipinski definition) is 1. The van der Waals surface area contributed by atoms with E-state index in [2.05, 4.69) is 31.0 Å². The fourth-order valence-corrected chi connectivity index (χ4v) is 2.43. The molecule has 0 bridgehead atoms. The van der Waals surface area contributed by atoms with Crippen LogP contribution in [0.25, 0.3) is 0 Å². The number of hydrogen-bond donors (Lipinski definition) is 0. The molecule has 1 saturated carbocycles. The SMILES string of the molecule is CC(C)CC1(Cc2ccncc2)CC1. The molecule has 1 aliphatic carbocycles. The van der Waals surface area contributed by atoms with Crippen molar-refractivity contribution in [3.8, 4) is 0 Å². The van der Waals surface area contributed by atoms with E-state index in [1.54, 1.807) is 0 Å². The van der Waals surface area contributed by atoms with E-state index in [-0.39, 0.29) is 0 Å². The van der Waals surface area contributed by atoms with Gasteiger partial charge in [-0.3, -0.25) is 4.98 Å². The van der Waals surface area contributed by atoms with Crippen LogP contribution in [-0.2, 0) is 6.42 Å². The van der Waals surface area contributed by atoms with Gasteiger partial charge in [-0.05, 0) is 54.7 Å². The Morgan fingerprint density at radius 1 is 1.29 bits per heavy atom. The third-order valence-electron chi connectivity index (χ3n) is 3.13. The van der Waals surface area contributed by atoms with Gasteiger partial charge in [-0.1, -0.05) is 13.8 Å². The standard InChI is InChI=1S/C13H19N/c1-11(2)9-13(5-6-13)10-12-3-7-14-8-4-12/h3-4,7-8,11H,5-6,9-10H2,1-2H3. The first-order valence-electron chi connectivity index (χ1n) is 5.59. The molecule has 1 heterocycles. The highest BCUT2D eigenvalue weighted by Crippen LogP contribution is 2.52. The molecule has 0 N–H and O–H groups in total. The molecule has 1 nitrogen and oxygen atoms in total. The first-order chi connectivity index (χ1) is 6.70. The third kappa shape index (κ3) is 2.34. The Kier molecular flexibility index (Phi) is 2.58. The van der Waals surface area contributed by atoms with Crippen LogP contribution in [0.3, 0.4) is 0 Å². The molecule has 2 rings (SSSR count). The zero-order chi connectivity index (χ0) is 10.0. The zero-order valence-electron chi connectivity index (χ0n) is 9.16. The van der Waals surface area contributed by atoms with Gasteiger partial charge in [0, 0.05) is 12.4 Å². The minimum absolute atomic E-state index is 0.648. The van der Waals surface area contributed by atoms with Gasteiger partial charge in [-0.2, -0.15) is 0 Å². The maximum Gasteiger partial charge on any atom is 0.0270 e. The van der Waals surface area contributed by atoms with Crippen molar-refractivity contribution in [1.82, 2.24) is 4.98 Å². The monoisotopic (exact) mass is 189 g/mol. The summed E-state index contributed by atoms with van der Waals surface area (Å²) in [5.74, 6) is 0.833. The smallest absolute Gasteiger partial charge is 0.0270 e. The average Bonchev–Trinajstić information content (AvgIpc) is 2.85. The number of rotatable bonds is 4. The summed E-state index contributed by atoms with van der Waals surface area (Å²) < 4.78 is 0. The molecular formula is C13H19N. The van der Waals surface area contributed by atoms with E-state index in [0.29, 0.717) is 5.41 Å². The highest BCUT2D eigenvalue weighted by atomic mass is 14.6. The van der Waals surface area contributed by atoms with E-state index in [0.717, 1.165) is 5.92 Å². The van der Waals surface area contributed by atoms with Crippen LogP contribution >= 0.6 is 0 Å². The van der Waals surface area contributed by atoms with Gasteiger partial charge in [0.25, 0.3) is 0 Å². The molecule has 0 radical (unpaired) electrons. The third-order valence-corrected chi connectivity index (χ3v) is 3.13. The van der Waals surface area contributed by atoms with Gasteiger partial charge < -0.3 is 0 Å². The predicted octanol–water partition coefficient (Wildman–Crippen LogP) is 3.45. The van der Waals surface area contributed by atoms with E-state index in [4.69, 9.17) is 0 Å². The molecular weight excluding hydrogens is 170 g/mol. The van der Waals surface area contributed by atoms with Crippen LogP contribution in [0.5, 0.6) is 0 Å². The molecule has 0 unspecified atom stereocenters. The van der Waals surface area contributed by atoms with Crippen LogP contribution in [0, 0.1) is 11.3 Å². The molecule has 0 aliphatic heterocycles. The average molecular weight is 189 g/mol. The van der Waals surface area contributed by atoms with Gasteiger partial charge >= 0.3 is 0 Å². The Morgan fingerprint density at radius 3 is 2.43 bits per heavy atom. The summed E-state index contributed by atoms with van der Waals surface area (Å²) >= 11 is 0. The lowest BCUT2D eigenvalue weighted by molar-refractivity contribution is 0.387. The highest BCUT2D eigenvalue weighted by molar-refractivity contribution is 5.15. The molecule has 1 fully saturated rings.